The number of rotatable bonds is 4. The zero-order valence-electron chi connectivity index (χ0n) is 13.1. The number of pyridine rings is 1. The van der Waals surface area contributed by atoms with Gasteiger partial charge in [-0.1, -0.05) is 0 Å². The van der Waals surface area contributed by atoms with Gasteiger partial charge in [0.25, 0.3) is 0 Å². The number of hydrogen-bond donors (Lipinski definition) is 2. The number of aliphatic imine (C=N–C) groups is 1. The van der Waals surface area contributed by atoms with Crippen molar-refractivity contribution in [3.8, 4) is 0 Å². The Morgan fingerprint density at radius 3 is 3.00 bits per heavy atom. The van der Waals surface area contributed by atoms with E-state index >= 15 is 0 Å². The molecule has 1 aromatic heterocycles. The van der Waals surface area contributed by atoms with Crippen LogP contribution in [0.5, 0.6) is 0 Å². The van der Waals surface area contributed by atoms with Gasteiger partial charge in [0, 0.05) is 39.9 Å². The molecule has 1 fully saturated rings. The minimum absolute atomic E-state index is 0.241. The van der Waals surface area contributed by atoms with Crippen molar-refractivity contribution >= 4 is 11.8 Å². The smallest absolute Gasteiger partial charge is 0.194 e. The van der Waals surface area contributed by atoms with Gasteiger partial charge in [-0.15, -0.1) is 0 Å². The molecule has 1 saturated heterocycles. The summed E-state index contributed by atoms with van der Waals surface area (Å²) < 4.78 is 0. The lowest BCUT2D eigenvalue weighted by Crippen LogP contribution is -2.40. The van der Waals surface area contributed by atoms with Gasteiger partial charge in [-0.2, -0.15) is 0 Å². The number of nitrogens with one attached hydrogen (secondary N) is 1. The second-order valence-corrected chi connectivity index (χ2v) is 5.48. The maximum Gasteiger partial charge on any atom is 0.194 e. The molecule has 1 aliphatic rings. The van der Waals surface area contributed by atoms with Crippen LogP contribution in [0.25, 0.3) is 0 Å². The van der Waals surface area contributed by atoms with Gasteiger partial charge >= 0.3 is 0 Å². The summed E-state index contributed by atoms with van der Waals surface area (Å²) in [6.07, 6.45) is 2.38. The molecule has 0 aromatic carbocycles. The van der Waals surface area contributed by atoms with Gasteiger partial charge in [0.15, 0.2) is 5.96 Å². The molecule has 2 N–H and O–H groups in total. The van der Waals surface area contributed by atoms with E-state index in [0.717, 1.165) is 36.9 Å². The topological polar surface area (TPSA) is 64.0 Å². The molecule has 0 aliphatic carbocycles. The number of nitrogens with zero attached hydrogens (tertiary/aromatic N) is 4. The van der Waals surface area contributed by atoms with Gasteiger partial charge < -0.3 is 20.2 Å². The molecule has 0 spiro atoms. The van der Waals surface area contributed by atoms with E-state index < -0.39 is 0 Å². The quantitative estimate of drug-likeness (QED) is 0.631. The summed E-state index contributed by atoms with van der Waals surface area (Å²) in [5.74, 6) is 1.81. The number of β-amino-alcohol motifs (C(OH)–C–C–N with tert-alkyl or cyclic N) is 1. The predicted octanol–water partition coefficient (Wildman–Crippen LogP) is 0.680. The van der Waals surface area contributed by atoms with Crippen molar-refractivity contribution in [1.82, 2.24) is 15.2 Å². The lowest BCUT2D eigenvalue weighted by molar-refractivity contribution is 0.188. The zero-order chi connectivity index (χ0) is 15.2. The first-order valence-corrected chi connectivity index (χ1v) is 7.43. The van der Waals surface area contributed by atoms with Gasteiger partial charge in [-0.25, -0.2) is 9.98 Å². The maximum atomic E-state index is 9.66. The van der Waals surface area contributed by atoms with Crippen LogP contribution in [-0.4, -0.2) is 60.8 Å². The van der Waals surface area contributed by atoms with E-state index in [0.29, 0.717) is 13.1 Å². The molecular weight excluding hydrogens is 266 g/mol. The average molecular weight is 291 g/mol. The minimum atomic E-state index is -0.241. The summed E-state index contributed by atoms with van der Waals surface area (Å²) in [4.78, 5) is 13.1. The highest BCUT2D eigenvalue weighted by atomic mass is 16.3. The molecule has 21 heavy (non-hydrogen) atoms. The number of anilines is 1. The van der Waals surface area contributed by atoms with E-state index in [-0.39, 0.29) is 6.10 Å². The Labute approximate surface area is 126 Å². The number of aliphatic hydroxyl groups excluding tert-OH is 1. The van der Waals surface area contributed by atoms with Crippen LogP contribution in [0, 0.1) is 0 Å². The number of hydrogen-bond acceptors (Lipinski definition) is 4. The van der Waals surface area contributed by atoms with E-state index in [1.807, 2.05) is 37.3 Å². The fourth-order valence-electron chi connectivity index (χ4n) is 2.33. The molecule has 0 saturated carbocycles. The first-order valence-electron chi connectivity index (χ1n) is 7.43. The molecule has 0 radical (unpaired) electrons. The van der Waals surface area contributed by atoms with Crippen molar-refractivity contribution in [3.05, 3.63) is 23.9 Å². The SMILES string of the molecule is CCNC(=NCc1ccnc(N(C)C)c1)N1CC[C@@H](O)C1. The number of likely N-dealkylation sites (tertiary alicyclic amines) is 1. The summed E-state index contributed by atoms with van der Waals surface area (Å²) in [5.41, 5.74) is 1.13. The largest absolute Gasteiger partial charge is 0.391 e. The highest BCUT2D eigenvalue weighted by Crippen LogP contribution is 2.12. The fourth-order valence-corrected chi connectivity index (χ4v) is 2.33. The second-order valence-electron chi connectivity index (χ2n) is 5.48. The molecule has 1 atom stereocenters. The van der Waals surface area contributed by atoms with Gasteiger partial charge in [0.1, 0.15) is 5.82 Å². The van der Waals surface area contributed by atoms with Crippen molar-refractivity contribution in [2.45, 2.75) is 26.0 Å². The van der Waals surface area contributed by atoms with Crippen LogP contribution in [0.1, 0.15) is 18.9 Å². The van der Waals surface area contributed by atoms with E-state index in [1.54, 1.807) is 0 Å². The standard InChI is InChI=1S/C15H25N5O/c1-4-16-15(20-8-6-13(21)11-20)18-10-12-5-7-17-14(9-12)19(2)3/h5,7,9,13,21H,4,6,8,10-11H2,1-3H3,(H,16,18)/t13-/m1/s1. The highest BCUT2D eigenvalue weighted by Gasteiger charge is 2.22. The van der Waals surface area contributed by atoms with E-state index in [9.17, 15) is 5.11 Å². The third kappa shape index (κ3) is 4.32. The number of aromatic nitrogens is 1. The number of aliphatic hydroxyl groups is 1. The molecule has 0 amide bonds. The summed E-state index contributed by atoms with van der Waals surface area (Å²) in [6.45, 7) is 5.00. The van der Waals surface area contributed by atoms with Crippen LogP contribution in [0.3, 0.4) is 0 Å². The molecule has 116 valence electrons. The van der Waals surface area contributed by atoms with Gasteiger partial charge in [-0.3, -0.25) is 0 Å². The van der Waals surface area contributed by atoms with Crippen LogP contribution in [0.15, 0.2) is 23.3 Å². The molecule has 1 aliphatic heterocycles. The van der Waals surface area contributed by atoms with Crippen LogP contribution < -0.4 is 10.2 Å². The van der Waals surface area contributed by atoms with E-state index in [2.05, 4.69) is 27.1 Å². The minimum Gasteiger partial charge on any atom is -0.391 e. The van der Waals surface area contributed by atoms with Crippen LogP contribution in [0.4, 0.5) is 5.82 Å². The lowest BCUT2D eigenvalue weighted by Gasteiger charge is -2.21. The third-order valence-electron chi connectivity index (χ3n) is 3.48. The Morgan fingerprint density at radius 2 is 2.38 bits per heavy atom. The lowest BCUT2D eigenvalue weighted by atomic mass is 10.2. The fraction of sp³-hybridized carbons (Fsp3) is 0.600. The molecule has 1 aromatic rings. The van der Waals surface area contributed by atoms with Crippen molar-refractivity contribution in [2.24, 2.45) is 4.99 Å². The zero-order valence-corrected chi connectivity index (χ0v) is 13.1. The molecular formula is C15H25N5O. The Balaban J connectivity index is 2.06. The summed E-state index contributed by atoms with van der Waals surface area (Å²) in [7, 11) is 3.95. The first kappa shape index (κ1) is 15.6. The predicted molar refractivity (Wildman–Crippen MR) is 85.6 cm³/mol. The molecule has 0 bridgehead atoms. The van der Waals surface area contributed by atoms with Crippen molar-refractivity contribution in [3.63, 3.8) is 0 Å². The monoisotopic (exact) mass is 291 g/mol. The average Bonchev–Trinajstić information content (AvgIpc) is 2.90. The summed E-state index contributed by atoms with van der Waals surface area (Å²) >= 11 is 0. The van der Waals surface area contributed by atoms with E-state index in [1.165, 1.54) is 0 Å². The molecule has 0 unspecified atom stereocenters. The molecule has 2 heterocycles. The number of guanidine groups is 1. The van der Waals surface area contributed by atoms with Gasteiger partial charge in [-0.05, 0) is 31.0 Å². The first-order chi connectivity index (χ1) is 10.1. The van der Waals surface area contributed by atoms with E-state index in [4.69, 9.17) is 0 Å². The highest BCUT2D eigenvalue weighted by molar-refractivity contribution is 5.80. The van der Waals surface area contributed by atoms with Gasteiger partial charge in [0.05, 0.1) is 12.6 Å². The Bertz CT molecular complexity index is 489. The molecule has 6 heteroatoms. The van der Waals surface area contributed by atoms with Crippen LogP contribution in [-0.2, 0) is 6.54 Å². The van der Waals surface area contributed by atoms with Crippen LogP contribution in [0.2, 0.25) is 0 Å². The Kier molecular flexibility index (Phi) is 5.38. The van der Waals surface area contributed by atoms with Crippen molar-refractivity contribution < 1.29 is 5.11 Å². The summed E-state index contributed by atoms with van der Waals surface area (Å²) in [6, 6.07) is 4.03. The van der Waals surface area contributed by atoms with Gasteiger partial charge in [0.2, 0.25) is 0 Å². The third-order valence-corrected chi connectivity index (χ3v) is 3.48. The maximum absolute atomic E-state index is 9.66. The van der Waals surface area contributed by atoms with Crippen LogP contribution >= 0.6 is 0 Å². The van der Waals surface area contributed by atoms with Crippen molar-refractivity contribution in [1.29, 1.82) is 0 Å². The second kappa shape index (κ2) is 7.26. The molecule has 2 rings (SSSR count). The Morgan fingerprint density at radius 1 is 1.57 bits per heavy atom. The van der Waals surface area contributed by atoms with Crippen molar-refractivity contribution in [2.75, 3.05) is 38.6 Å². The normalized spacial score (nSPS) is 19.0. The summed E-state index contributed by atoms with van der Waals surface area (Å²) in [5, 5.41) is 13.0. The molecule has 6 nitrogen and oxygen atoms in total. The Hall–Kier alpha value is -1.82.